The van der Waals surface area contributed by atoms with Crippen LogP contribution in [0.15, 0.2) is 72.6 Å². The van der Waals surface area contributed by atoms with Crippen LogP contribution in [0.1, 0.15) is 18.4 Å². The Morgan fingerprint density at radius 3 is 2.83 bits per heavy atom. The normalized spacial score (nSPS) is 20.8. The van der Waals surface area contributed by atoms with Crippen molar-refractivity contribution >= 4 is 23.1 Å². The second-order valence-corrected chi connectivity index (χ2v) is 9.53. The number of nitrogens with one attached hydrogen (secondary N) is 2. The molecule has 5 rings (SSSR count). The Kier molecular flexibility index (Phi) is 6.59. The molecule has 8 heteroatoms. The van der Waals surface area contributed by atoms with Crippen molar-refractivity contribution in [2.75, 3.05) is 44.5 Å². The molecule has 0 aliphatic carbocycles. The van der Waals surface area contributed by atoms with Gasteiger partial charge >= 0.3 is 6.03 Å². The molecule has 1 fully saturated rings. The van der Waals surface area contributed by atoms with Gasteiger partial charge in [-0.2, -0.15) is 0 Å². The summed E-state index contributed by atoms with van der Waals surface area (Å²) >= 11 is 0. The number of ether oxygens (including phenoxy) is 1. The second-order valence-electron chi connectivity index (χ2n) is 9.53. The summed E-state index contributed by atoms with van der Waals surface area (Å²) in [7, 11) is 5.24. The van der Waals surface area contributed by atoms with Crippen molar-refractivity contribution in [3.05, 3.63) is 84.0 Å². The fourth-order valence-corrected chi connectivity index (χ4v) is 5.16. The lowest BCUT2D eigenvalue weighted by molar-refractivity contribution is 0.133. The minimum atomic E-state index is -0.363. The number of piperidine rings is 1. The molecule has 3 aliphatic heterocycles. The van der Waals surface area contributed by atoms with Crippen molar-refractivity contribution in [2.45, 2.75) is 19.0 Å². The van der Waals surface area contributed by atoms with E-state index in [1.54, 1.807) is 38.2 Å². The zero-order valence-electron chi connectivity index (χ0n) is 20.9. The van der Waals surface area contributed by atoms with Crippen LogP contribution in [-0.2, 0) is 0 Å². The largest absolute Gasteiger partial charge is 0.497 e. The monoisotopic (exact) mass is 489 g/mol. The average Bonchev–Trinajstić information content (AvgIpc) is 3.28. The molecule has 188 valence electrons. The van der Waals surface area contributed by atoms with Crippen LogP contribution in [0.4, 0.5) is 20.6 Å². The van der Waals surface area contributed by atoms with Gasteiger partial charge in [-0.15, -0.1) is 0 Å². The van der Waals surface area contributed by atoms with E-state index < -0.39 is 0 Å². The number of halogens is 1. The summed E-state index contributed by atoms with van der Waals surface area (Å²) in [6.45, 7) is 1.28. The summed E-state index contributed by atoms with van der Waals surface area (Å²) in [6.07, 6.45) is 10.2. The quantitative estimate of drug-likeness (QED) is 0.630. The summed E-state index contributed by atoms with van der Waals surface area (Å²) in [4.78, 5) is 18.9. The molecular formula is C28H32FN5O2. The Bertz CT molecular complexity index is 1240. The number of nitrogens with zero attached hydrogens (tertiary/aromatic N) is 3. The Morgan fingerprint density at radius 1 is 1.19 bits per heavy atom. The van der Waals surface area contributed by atoms with Gasteiger partial charge in [-0.05, 0) is 55.3 Å². The van der Waals surface area contributed by atoms with Crippen molar-refractivity contribution in [3.63, 3.8) is 0 Å². The number of carbonyl (C=O) groups is 1. The fraction of sp³-hybridized carbons (Fsp3) is 0.321. The van der Waals surface area contributed by atoms with Crippen LogP contribution < -0.4 is 20.3 Å². The highest BCUT2D eigenvalue weighted by Gasteiger charge is 2.38. The van der Waals surface area contributed by atoms with Gasteiger partial charge in [0.1, 0.15) is 17.7 Å². The van der Waals surface area contributed by atoms with E-state index >= 15 is 0 Å². The highest BCUT2D eigenvalue weighted by atomic mass is 19.1. The maximum absolute atomic E-state index is 14.4. The summed E-state index contributed by atoms with van der Waals surface area (Å²) < 4.78 is 19.8. The van der Waals surface area contributed by atoms with Crippen LogP contribution in [0.3, 0.4) is 0 Å². The number of rotatable bonds is 5. The highest BCUT2D eigenvalue weighted by molar-refractivity contribution is 5.89. The number of allylic oxidation sites excluding steroid dienone is 3. The van der Waals surface area contributed by atoms with Crippen molar-refractivity contribution in [1.82, 2.24) is 15.1 Å². The van der Waals surface area contributed by atoms with E-state index in [9.17, 15) is 9.18 Å². The molecule has 0 aromatic heterocycles. The highest BCUT2D eigenvalue weighted by Crippen LogP contribution is 2.36. The van der Waals surface area contributed by atoms with Gasteiger partial charge in [0.15, 0.2) is 0 Å². The summed E-state index contributed by atoms with van der Waals surface area (Å²) in [5.74, 6) is 0.660. The Morgan fingerprint density at radius 2 is 2.06 bits per heavy atom. The van der Waals surface area contributed by atoms with Gasteiger partial charge < -0.3 is 30.1 Å². The molecule has 2 amide bonds. The average molecular weight is 490 g/mol. The van der Waals surface area contributed by atoms with Crippen LogP contribution >= 0.6 is 0 Å². The molecule has 2 aromatic carbocycles. The van der Waals surface area contributed by atoms with E-state index in [0.29, 0.717) is 24.5 Å². The maximum Gasteiger partial charge on any atom is 0.321 e. The lowest BCUT2D eigenvalue weighted by Gasteiger charge is -2.39. The van der Waals surface area contributed by atoms with Crippen LogP contribution in [0.5, 0.6) is 5.75 Å². The van der Waals surface area contributed by atoms with Gasteiger partial charge in [0, 0.05) is 50.6 Å². The topological polar surface area (TPSA) is 60.1 Å². The van der Waals surface area contributed by atoms with E-state index in [0.717, 1.165) is 35.5 Å². The Labute approximate surface area is 211 Å². The molecule has 3 heterocycles. The molecule has 2 atom stereocenters. The summed E-state index contributed by atoms with van der Waals surface area (Å²) in [5, 5.41) is 6.62. The van der Waals surface area contributed by atoms with Crippen LogP contribution in [0.25, 0.3) is 5.70 Å². The molecule has 2 N–H and O–H groups in total. The molecule has 3 aliphatic rings. The third kappa shape index (κ3) is 4.63. The van der Waals surface area contributed by atoms with E-state index in [4.69, 9.17) is 4.74 Å². The molecular weight excluding hydrogens is 457 g/mol. The molecule has 0 saturated carbocycles. The smallest absolute Gasteiger partial charge is 0.321 e. The number of hydrogen-bond acceptors (Lipinski definition) is 5. The molecule has 2 unspecified atom stereocenters. The van der Waals surface area contributed by atoms with Crippen molar-refractivity contribution in [1.29, 1.82) is 0 Å². The predicted molar refractivity (Wildman–Crippen MR) is 141 cm³/mol. The number of fused-ring (bicyclic) bond motifs is 1. The number of amides is 2. The Balaban J connectivity index is 1.30. The first-order valence-electron chi connectivity index (χ1n) is 12.3. The van der Waals surface area contributed by atoms with Gasteiger partial charge in [0.25, 0.3) is 0 Å². The predicted octanol–water partition coefficient (Wildman–Crippen LogP) is 4.83. The number of benzene rings is 2. The number of urea groups is 1. The molecule has 0 radical (unpaired) electrons. The van der Waals surface area contributed by atoms with Gasteiger partial charge in [-0.1, -0.05) is 18.2 Å². The number of likely N-dealkylation sites (tertiary alicyclic amines) is 1. The standard InChI is InChI=1S/C28H32FN5O2/c1-32(2)24-13-12-21(17-23(24)29)30-28(35)33-14-7-9-20(18-33)27-31-26(25-11-4-5-15-34(25)27)19-8-6-10-22(16-19)36-3/h4-6,8,10-13,15-17,20,27,31H,7,9,14,18H2,1-3H3,(H,30,35). The molecule has 2 aromatic rings. The van der Waals surface area contributed by atoms with Crippen molar-refractivity contribution in [2.24, 2.45) is 5.92 Å². The number of hydrogen-bond donors (Lipinski definition) is 2. The van der Waals surface area contributed by atoms with Gasteiger partial charge in [-0.25, -0.2) is 9.18 Å². The number of anilines is 2. The molecule has 1 saturated heterocycles. The molecule has 7 nitrogen and oxygen atoms in total. The maximum atomic E-state index is 14.4. The first kappa shape index (κ1) is 23.8. The third-order valence-electron chi connectivity index (χ3n) is 6.97. The second kappa shape index (κ2) is 9.97. The summed E-state index contributed by atoms with van der Waals surface area (Å²) in [5.41, 5.74) is 4.16. The minimum Gasteiger partial charge on any atom is -0.497 e. The SMILES string of the molecule is COc1cccc(C2=C3C=CC=CN3C(C3CCCN(C(=O)Nc4ccc(N(C)C)c(F)c4)C3)N2)c1. The molecule has 0 spiro atoms. The van der Waals surface area contributed by atoms with Crippen molar-refractivity contribution in [3.8, 4) is 5.75 Å². The first-order chi connectivity index (χ1) is 17.4. The molecule has 0 bridgehead atoms. The summed E-state index contributed by atoms with van der Waals surface area (Å²) in [6, 6.07) is 12.6. The minimum absolute atomic E-state index is 0.0230. The third-order valence-corrected chi connectivity index (χ3v) is 6.97. The zero-order valence-corrected chi connectivity index (χ0v) is 20.9. The van der Waals surface area contributed by atoms with Gasteiger partial charge in [0.2, 0.25) is 0 Å². The lowest BCUT2D eigenvalue weighted by Crippen LogP contribution is -2.51. The van der Waals surface area contributed by atoms with Crippen LogP contribution in [0, 0.1) is 11.7 Å². The van der Waals surface area contributed by atoms with E-state index in [2.05, 4.69) is 33.9 Å². The van der Waals surface area contributed by atoms with Crippen molar-refractivity contribution < 1.29 is 13.9 Å². The fourth-order valence-electron chi connectivity index (χ4n) is 5.16. The van der Waals surface area contributed by atoms with E-state index in [1.165, 1.54) is 6.07 Å². The first-order valence-corrected chi connectivity index (χ1v) is 12.3. The van der Waals surface area contributed by atoms with E-state index in [-0.39, 0.29) is 23.9 Å². The van der Waals surface area contributed by atoms with Gasteiger partial charge in [0.05, 0.1) is 24.2 Å². The molecule has 36 heavy (non-hydrogen) atoms. The van der Waals surface area contributed by atoms with E-state index in [1.807, 2.05) is 35.3 Å². The van der Waals surface area contributed by atoms with Crippen LogP contribution in [-0.4, -0.2) is 56.3 Å². The van der Waals surface area contributed by atoms with Crippen LogP contribution in [0.2, 0.25) is 0 Å². The lowest BCUT2D eigenvalue weighted by atomic mass is 9.94. The Hall–Kier alpha value is -3.94. The zero-order chi connectivity index (χ0) is 25.2. The van der Waals surface area contributed by atoms with Gasteiger partial charge in [-0.3, -0.25) is 0 Å². The number of methoxy groups -OCH3 is 1. The number of carbonyl (C=O) groups excluding carboxylic acids is 1.